The van der Waals surface area contributed by atoms with E-state index in [9.17, 15) is 19.2 Å². The van der Waals surface area contributed by atoms with Gasteiger partial charge in [0.25, 0.3) is 0 Å². The lowest BCUT2D eigenvalue weighted by Gasteiger charge is -2.26. The molecule has 2 saturated heterocycles. The lowest BCUT2D eigenvalue weighted by Crippen LogP contribution is -2.45. The SMILES string of the molecule is C=C1CC(C(C)(C)C)C(=O)N1CCNC(=O)CN1CCN(CC(=O)OC)CCN(CC(=O)OC)CC1. The number of likely N-dealkylation sites (tertiary alicyclic amines) is 1. The van der Waals surface area contributed by atoms with Crippen molar-refractivity contribution in [2.24, 2.45) is 11.3 Å². The molecule has 2 aliphatic rings. The Kier molecular flexibility index (Phi) is 11.3. The zero-order chi connectivity index (χ0) is 26.9. The van der Waals surface area contributed by atoms with Gasteiger partial charge in [-0.05, 0) is 11.8 Å². The van der Waals surface area contributed by atoms with E-state index in [1.54, 1.807) is 4.90 Å². The average molecular weight is 510 g/mol. The van der Waals surface area contributed by atoms with Gasteiger partial charge in [0.1, 0.15) is 0 Å². The van der Waals surface area contributed by atoms with Crippen molar-refractivity contribution in [2.45, 2.75) is 27.2 Å². The molecule has 1 atom stereocenters. The van der Waals surface area contributed by atoms with Crippen molar-refractivity contribution in [3.05, 3.63) is 12.3 Å². The fourth-order valence-corrected chi connectivity index (χ4v) is 4.44. The number of esters is 2. The van der Waals surface area contributed by atoms with Crippen molar-refractivity contribution in [1.29, 1.82) is 0 Å². The third kappa shape index (κ3) is 9.18. The Morgan fingerprint density at radius 1 is 0.889 bits per heavy atom. The molecule has 204 valence electrons. The minimum Gasteiger partial charge on any atom is -0.468 e. The fraction of sp³-hybridized carbons (Fsp3) is 0.760. The van der Waals surface area contributed by atoms with Gasteiger partial charge in [0, 0.05) is 64.0 Å². The molecule has 0 bridgehead atoms. The maximum Gasteiger partial charge on any atom is 0.319 e. The quantitative estimate of drug-likeness (QED) is 0.422. The maximum absolute atomic E-state index is 12.8. The normalized spacial score (nSPS) is 21.0. The van der Waals surface area contributed by atoms with Crippen LogP contribution >= 0.6 is 0 Å². The molecule has 0 radical (unpaired) electrons. The highest BCUT2D eigenvalue weighted by Gasteiger charge is 2.41. The Hall–Kier alpha value is -2.50. The number of ether oxygens (including phenoxy) is 2. The van der Waals surface area contributed by atoms with Gasteiger partial charge in [0.05, 0.1) is 33.9 Å². The van der Waals surface area contributed by atoms with E-state index >= 15 is 0 Å². The number of methoxy groups -OCH3 is 2. The first-order valence-corrected chi connectivity index (χ1v) is 12.5. The smallest absolute Gasteiger partial charge is 0.319 e. The van der Waals surface area contributed by atoms with Gasteiger partial charge in [0.2, 0.25) is 11.8 Å². The number of rotatable bonds is 9. The standard InChI is InChI=1S/C25H43N5O6/c1-19-15-20(25(2,3)4)24(34)30(19)8-7-26-21(31)16-27-9-11-28(17-22(32)35-5)13-14-29(12-10-27)18-23(33)36-6/h20H,1,7-18H2,2-6H3,(H,26,31). The van der Waals surface area contributed by atoms with Crippen LogP contribution in [0, 0.1) is 11.3 Å². The summed E-state index contributed by atoms with van der Waals surface area (Å²) in [6.07, 6.45) is 0.647. The number of carbonyl (C=O) groups excluding carboxylic acids is 4. The van der Waals surface area contributed by atoms with Crippen LogP contribution in [0.3, 0.4) is 0 Å². The summed E-state index contributed by atoms with van der Waals surface area (Å²) >= 11 is 0. The van der Waals surface area contributed by atoms with Crippen LogP contribution in [0.25, 0.3) is 0 Å². The molecule has 1 unspecified atom stereocenters. The van der Waals surface area contributed by atoms with E-state index < -0.39 is 0 Å². The molecule has 0 aromatic heterocycles. The highest BCUT2D eigenvalue weighted by atomic mass is 16.5. The van der Waals surface area contributed by atoms with E-state index in [1.165, 1.54) is 14.2 Å². The Bertz CT molecular complexity index is 781. The van der Waals surface area contributed by atoms with Gasteiger partial charge in [-0.2, -0.15) is 0 Å². The molecule has 1 N–H and O–H groups in total. The third-order valence-electron chi connectivity index (χ3n) is 6.81. The number of nitrogens with zero attached hydrogens (tertiary/aromatic N) is 4. The summed E-state index contributed by atoms with van der Waals surface area (Å²) in [4.78, 5) is 56.7. The largest absolute Gasteiger partial charge is 0.468 e. The van der Waals surface area contributed by atoms with E-state index in [0.717, 1.165) is 5.70 Å². The van der Waals surface area contributed by atoms with Crippen LogP contribution in [0.5, 0.6) is 0 Å². The lowest BCUT2D eigenvalue weighted by atomic mass is 9.79. The first-order chi connectivity index (χ1) is 16.9. The average Bonchev–Trinajstić information content (AvgIpc) is 3.15. The second-order valence-electron chi connectivity index (χ2n) is 10.5. The minimum absolute atomic E-state index is 0.0677. The summed E-state index contributed by atoms with van der Waals surface area (Å²) < 4.78 is 9.61. The van der Waals surface area contributed by atoms with Crippen molar-refractivity contribution in [2.75, 3.05) is 86.2 Å². The van der Waals surface area contributed by atoms with Gasteiger partial charge in [-0.3, -0.25) is 33.9 Å². The first kappa shape index (κ1) is 29.7. The Morgan fingerprint density at radius 2 is 1.33 bits per heavy atom. The molecule has 11 heteroatoms. The molecular weight excluding hydrogens is 466 g/mol. The summed E-state index contributed by atoms with van der Waals surface area (Å²) in [5.74, 6) is -0.822. The third-order valence-corrected chi connectivity index (χ3v) is 6.81. The van der Waals surface area contributed by atoms with E-state index in [1.807, 2.05) is 14.7 Å². The fourth-order valence-electron chi connectivity index (χ4n) is 4.44. The molecule has 2 amide bonds. The van der Waals surface area contributed by atoms with Gasteiger partial charge in [0.15, 0.2) is 0 Å². The van der Waals surface area contributed by atoms with E-state index in [2.05, 4.69) is 32.7 Å². The Balaban J connectivity index is 1.90. The van der Waals surface area contributed by atoms with Crippen LogP contribution in [0.4, 0.5) is 0 Å². The Morgan fingerprint density at radius 3 is 1.72 bits per heavy atom. The van der Waals surface area contributed by atoms with Crippen molar-refractivity contribution in [1.82, 2.24) is 24.9 Å². The summed E-state index contributed by atoms with van der Waals surface area (Å²) in [5.41, 5.74) is 0.664. The van der Waals surface area contributed by atoms with E-state index in [0.29, 0.717) is 58.8 Å². The predicted molar refractivity (Wildman–Crippen MR) is 135 cm³/mol. The minimum atomic E-state index is -0.329. The Labute approximate surface area is 214 Å². The van der Waals surface area contributed by atoms with Crippen LogP contribution < -0.4 is 5.32 Å². The molecular formula is C25H43N5O6. The van der Waals surface area contributed by atoms with Gasteiger partial charge in [-0.25, -0.2) is 0 Å². The lowest BCUT2D eigenvalue weighted by molar-refractivity contribution is -0.143. The number of carbonyl (C=O) groups is 4. The molecule has 0 aromatic rings. The maximum atomic E-state index is 12.8. The zero-order valence-corrected chi connectivity index (χ0v) is 22.5. The van der Waals surface area contributed by atoms with Crippen LogP contribution in [-0.2, 0) is 28.7 Å². The van der Waals surface area contributed by atoms with Crippen molar-refractivity contribution in [3.63, 3.8) is 0 Å². The molecule has 0 saturated carbocycles. The van der Waals surface area contributed by atoms with Gasteiger partial charge < -0.3 is 19.7 Å². The molecule has 2 heterocycles. The molecule has 0 aromatic carbocycles. The summed E-state index contributed by atoms with van der Waals surface area (Å²) in [5, 5.41) is 2.92. The van der Waals surface area contributed by atoms with Gasteiger partial charge in [-0.15, -0.1) is 0 Å². The predicted octanol–water partition coefficient (Wildman–Crippen LogP) is -0.223. The summed E-state index contributed by atoms with van der Waals surface area (Å²) in [6, 6.07) is 0. The topological polar surface area (TPSA) is 112 Å². The highest BCUT2D eigenvalue weighted by molar-refractivity contribution is 5.84. The molecule has 2 aliphatic heterocycles. The molecule has 36 heavy (non-hydrogen) atoms. The van der Waals surface area contributed by atoms with Crippen LogP contribution in [0.15, 0.2) is 12.3 Å². The second-order valence-corrected chi connectivity index (χ2v) is 10.5. The molecule has 0 aliphatic carbocycles. The summed E-state index contributed by atoms with van der Waals surface area (Å²) in [7, 11) is 2.71. The number of hydrogen-bond donors (Lipinski definition) is 1. The number of allylic oxidation sites excluding steroid dienone is 1. The zero-order valence-electron chi connectivity index (χ0n) is 22.5. The van der Waals surface area contributed by atoms with Gasteiger partial charge in [-0.1, -0.05) is 27.4 Å². The van der Waals surface area contributed by atoms with Crippen molar-refractivity contribution >= 4 is 23.8 Å². The second kappa shape index (κ2) is 13.7. The van der Waals surface area contributed by atoms with Crippen LogP contribution in [0.2, 0.25) is 0 Å². The number of amides is 2. The first-order valence-electron chi connectivity index (χ1n) is 12.5. The van der Waals surface area contributed by atoms with E-state index in [-0.39, 0.29) is 54.7 Å². The van der Waals surface area contributed by atoms with Crippen LogP contribution in [0.1, 0.15) is 27.2 Å². The molecule has 11 nitrogen and oxygen atoms in total. The number of hydrogen-bond acceptors (Lipinski definition) is 9. The number of nitrogens with one attached hydrogen (secondary N) is 1. The van der Waals surface area contributed by atoms with Crippen LogP contribution in [-0.4, -0.2) is 130 Å². The monoisotopic (exact) mass is 509 g/mol. The van der Waals surface area contributed by atoms with Gasteiger partial charge >= 0.3 is 11.9 Å². The van der Waals surface area contributed by atoms with Crippen molar-refractivity contribution in [3.8, 4) is 0 Å². The summed E-state index contributed by atoms with van der Waals surface area (Å²) in [6.45, 7) is 15.0. The molecule has 0 spiro atoms. The van der Waals surface area contributed by atoms with E-state index in [4.69, 9.17) is 9.47 Å². The molecule has 2 rings (SSSR count). The highest BCUT2D eigenvalue weighted by Crippen LogP contribution is 2.38. The molecule has 2 fully saturated rings. The van der Waals surface area contributed by atoms with Crippen molar-refractivity contribution < 1.29 is 28.7 Å².